The second-order valence-electron chi connectivity index (χ2n) is 2.80. The average molecular weight is 239 g/mol. The average Bonchev–Trinajstić information content (AvgIpc) is 2.30. The summed E-state index contributed by atoms with van der Waals surface area (Å²) in [5.74, 6) is 1.01. The van der Waals surface area contributed by atoms with Crippen LogP contribution in [0.2, 0.25) is 0 Å². The molecule has 0 aromatic heterocycles. The van der Waals surface area contributed by atoms with Gasteiger partial charge in [0.25, 0.3) is 0 Å². The molecule has 0 fully saturated rings. The Hall–Kier alpha value is -1.82. The van der Waals surface area contributed by atoms with Gasteiger partial charge in [-0.2, -0.15) is 0 Å². The predicted octanol–water partition coefficient (Wildman–Crippen LogP) is 0.836. The van der Waals surface area contributed by atoms with E-state index in [-0.39, 0.29) is 5.11 Å². The van der Waals surface area contributed by atoms with Crippen LogP contribution in [0.4, 0.5) is 0 Å². The van der Waals surface area contributed by atoms with Gasteiger partial charge in [-0.15, -0.1) is 5.10 Å². The number of thiocarbonyl (C=S) groups is 1. The second-order valence-corrected chi connectivity index (χ2v) is 3.24. The Morgan fingerprint density at radius 1 is 1.38 bits per heavy atom. The summed E-state index contributed by atoms with van der Waals surface area (Å²) in [6, 6.07) is 7.34. The largest absolute Gasteiger partial charge is 0.496 e. The number of benzene rings is 1. The van der Waals surface area contributed by atoms with Crippen LogP contribution in [-0.2, 0) is 4.74 Å². The maximum atomic E-state index is 5.27. The third-order valence-electron chi connectivity index (χ3n) is 1.80. The summed E-state index contributed by atoms with van der Waals surface area (Å²) < 4.78 is 10.3. The Balaban J connectivity index is 3.03. The Morgan fingerprint density at radius 2 is 2.06 bits per heavy atom. The number of rotatable bonds is 3. The number of methoxy groups -OCH3 is 2. The highest BCUT2D eigenvalue weighted by Gasteiger charge is 2.09. The monoisotopic (exact) mass is 239 g/mol. The Bertz CT molecular complexity index is 407. The number of nitrogens with one attached hydrogen (secondary N) is 1. The van der Waals surface area contributed by atoms with E-state index in [2.05, 4.69) is 22.7 Å². The Kier molecular flexibility index (Phi) is 4.53. The molecule has 0 radical (unpaired) electrons. The molecule has 3 N–H and O–H groups in total. The van der Waals surface area contributed by atoms with Crippen LogP contribution in [0.5, 0.6) is 5.75 Å². The predicted molar refractivity (Wildman–Crippen MR) is 66.5 cm³/mol. The Labute approximate surface area is 99.2 Å². The van der Waals surface area contributed by atoms with Crippen molar-refractivity contribution in [3.05, 3.63) is 29.8 Å². The summed E-state index contributed by atoms with van der Waals surface area (Å²) in [4.78, 5) is 0. The molecule has 5 nitrogen and oxygen atoms in total. The molecular weight excluding hydrogens is 226 g/mol. The SMILES string of the molecule is COC(=NNC(N)=S)c1ccccc1OC. The maximum Gasteiger partial charge on any atom is 0.241 e. The topological polar surface area (TPSA) is 68.9 Å². The molecule has 0 heterocycles. The summed E-state index contributed by atoms with van der Waals surface area (Å²) in [6.45, 7) is 0. The lowest BCUT2D eigenvalue weighted by Crippen LogP contribution is -2.26. The number of hydrazone groups is 1. The maximum absolute atomic E-state index is 5.27. The minimum atomic E-state index is 0.0736. The van der Waals surface area contributed by atoms with Crippen molar-refractivity contribution in [1.82, 2.24) is 5.43 Å². The zero-order valence-corrected chi connectivity index (χ0v) is 9.88. The van der Waals surface area contributed by atoms with Gasteiger partial charge in [-0.3, -0.25) is 5.43 Å². The van der Waals surface area contributed by atoms with Gasteiger partial charge in [0.15, 0.2) is 5.11 Å². The van der Waals surface area contributed by atoms with E-state index in [1.54, 1.807) is 7.11 Å². The quantitative estimate of drug-likeness (QED) is 0.354. The van der Waals surface area contributed by atoms with Gasteiger partial charge in [0, 0.05) is 0 Å². The Morgan fingerprint density at radius 3 is 2.62 bits per heavy atom. The van der Waals surface area contributed by atoms with Crippen LogP contribution in [0.3, 0.4) is 0 Å². The number of nitrogens with zero attached hydrogens (tertiary/aromatic N) is 1. The summed E-state index contributed by atoms with van der Waals surface area (Å²) in [6.07, 6.45) is 0. The van der Waals surface area contributed by atoms with E-state index in [1.165, 1.54) is 7.11 Å². The molecule has 6 heteroatoms. The van der Waals surface area contributed by atoms with Crippen LogP contribution in [0.1, 0.15) is 5.56 Å². The minimum absolute atomic E-state index is 0.0736. The lowest BCUT2D eigenvalue weighted by Gasteiger charge is -2.09. The lowest BCUT2D eigenvalue weighted by atomic mass is 10.2. The molecule has 0 atom stereocenters. The fourth-order valence-electron chi connectivity index (χ4n) is 1.14. The highest BCUT2D eigenvalue weighted by Crippen LogP contribution is 2.18. The molecule has 0 spiro atoms. The third-order valence-corrected chi connectivity index (χ3v) is 1.89. The summed E-state index contributed by atoms with van der Waals surface area (Å²) >= 11 is 4.65. The van der Waals surface area contributed by atoms with Gasteiger partial charge in [-0.25, -0.2) is 0 Å². The van der Waals surface area contributed by atoms with E-state index in [0.717, 1.165) is 5.56 Å². The zero-order chi connectivity index (χ0) is 12.0. The van der Waals surface area contributed by atoms with Gasteiger partial charge in [0.1, 0.15) is 5.75 Å². The van der Waals surface area contributed by atoms with Gasteiger partial charge < -0.3 is 15.2 Å². The first-order valence-electron chi connectivity index (χ1n) is 4.49. The molecule has 0 aliphatic carbocycles. The fourth-order valence-corrected chi connectivity index (χ4v) is 1.19. The molecule has 16 heavy (non-hydrogen) atoms. The van der Waals surface area contributed by atoms with Gasteiger partial charge in [-0.05, 0) is 24.4 Å². The normalized spacial score (nSPS) is 10.8. The molecule has 86 valence electrons. The van der Waals surface area contributed by atoms with E-state index in [0.29, 0.717) is 11.6 Å². The van der Waals surface area contributed by atoms with E-state index in [4.69, 9.17) is 15.2 Å². The molecule has 0 bridgehead atoms. The standard InChI is InChI=1S/C10H13N3O2S/c1-14-8-6-4-3-5-7(8)9(15-2)12-13-10(11)16/h3-6H,1-2H3,(H3,11,13,16). The van der Waals surface area contributed by atoms with Gasteiger partial charge in [0.05, 0.1) is 19.8 Å². The van der Waals surface area contributed by atoms with E-state index < -0.39 is 0 Å². The van der Waals surface area contributed by atoms with Crippen molar-refractivity contribution >= 4 is 23.2 Å². The van der Waals surface area contributed by atoms with Crippen molar-refractivity contribution in [2.45, 2.75) is 0 Å². The van der Waals surface area contributed by atoms with Crippen molar-refractivity contribution in [3.63, 3.8) is 0 Å². The molecular formula is C10H13N3O2S. The molecule has 0 saturated carbocycles. The first-order chi connectivity index (χ1) is 7.69. The number of hydrogen-bond acceptors (Lipinski definition) is 4. The molecule has 1 aromatic carbocycles. The van der Waals surface area contributed by atoms with E-state index in [1.807, 2.05) is 24.3 Å². The fraction of sp³-hybridized carbons (Fsp3) is 0.200. The van der Waals surface area contributed by atoms with Crippen molar-refractivity contribution in [2.75, 3.05) is 14.2 Å². The zero-order valence-electron chi connectivity index (χ0n) is 9.06. The van der Waals surface area contributed by atoms with Crippen molar-refractivity contribution in [2.24, 2.45) is 10.8 Å². The lowest BCUT2D eigenvalue weighted by molar-refractivity contribution is 0.388. The molecule has 0 aliphatic heterocycles. The van der Waals surface area contributed by atoms with Crippen LogP contribution < -0.4 is 15.9 Å². The van der Waals surface area contributed by atoms with Gasteiger partial charge >= 0.3 is 0 Å². The molecule has 0 unspecified atom stereocenters. The molecule has 0 saturated heterocycles. The van der Waals surface area contributed by atoms with Crippen LogP contribution in [0.25, 0.3) is 0 Å². The van der Waals surface area contributed by atoms with Crippen LogP contribution in [0, 0.1) is 0 Å². The number of para-hydroxylation sites is 1. The summed E-state index contributed by atoms with van der Waals surface area (Å²) in [5, 5.41) is 3.99. The molecule has 0 amide bonds. The number of nitrogens with two attached hydrogens (primary N) is 1. The summed E-state index contributed by atoms with van der Waals surface area (Å²) in [5.41, 5.74) is 8.45. The van der Waals surface area contributed by atoms with Crippen molar-refractivity contribution in [1.29, 1.82) is 0 Å². The van der Waals surface area contributed by atoms with Gasteiger partial charge in [-0.1, -0.05) is 12.1 Å². The second kappa shape index (κ2) is 5.92. The number of ether oxygens (including phenoxy) is 2. The first-order valence-corrected chi connectivity index (χ1v) is 4.90. The van der Waals surface area contributed by atoms with Gasteiger partial charge in [0.2, 0.25) is 5.90 Å². The van der Waals surface area contributed by atoms with Crippen LogP contribution in [-0.4, -0.2) is 25.2 Å². The highest BCUT2D eigenvalue weighted by molar-refractivity contribution is 7.80. The number of hydrogen-bond donors (Lipinski definition) is 2. The highest BCUT2D eigenvalue weighted by atomic mass is 32.1. The third kappa shape index (κ3) is 3.09. The molecule has 1 rings (SSSR count). The minimum Gasteiger partial charge on any atom is -0.496 e. The first kappa shape index (κ1) is 12.3. The van der Waals surface area contributed by atoms with Crippen LogP contribution >= 0.6 is 12.2 Å². The smallest absolute Gasteiger partial charge is 0.241 e. The molecule has 0 aliphatic rings. The van der Waals surface area contributed by atoms with E-state index >= 15 is 0 Å². The van der Waals surface area contributed by atoms with Crippen LogP contribution in [0.15, 0.2) is 29.4 Å². The summed E-state index contributed by atoms with van der Waals surface area (Å²) in [7, 11) is 3.08. The van der Waals surface area contributed by atoms with Crippen molar-refractivity contribution in [3.8, 4) is 5.75 Å². The van der Waals surface area contributed by atoms with E-state index in [9.17, 15) is 0 Å². The van der Waals surface area contributed by atoms with Crippen molar-refractivity contribution < 1.29 is 9.47 Å². The molecule has 1 aromatic rings.